The first-order valence-corrected chi connectivity index (χ1v) is 7.68. The molecule has 2 aromatic rings. The molecule has 2 amide bonds. The molecule has 0 fully saturated rings. The molecule has 1 atom stereocenters. The molecule has 0 bridgehead atoms. The van der Waals surface area contributed by atoms with Gasteiger partial charge in [0.05, 0.1) is 4.92 Å². The van der Waals surface area contributed by atoms with Crippen molar-refractivity contribution in [2.24, 2.45) is 5.73 Å². The summed E-state index contributed by atoms with van der Waals surface area (Å²) < 4.78 is 0. The van der Waals surface area contributed by atoms with Crippen molar-refractivity contribution in [1.29, 1.82) is 0 Å². The number of primary amides is 1. The van der Waals surface area contributed by atoms with E-state index >= 15 is 0 Å². The second kappa shape index (κ2) is 7.57. The zero-order valence-corrected chi connectivity index (χ0v) is 14.0. The number of hydrogen-bond acceptors (Lipinski definition) is 4. The zero-order valence-electron chi connectivity index (χ0n) is 14.0. The fourth-order valence-electron chi connectivity index (χ4n) is 2.65. The zero-order chi connectivity index (χ0) is 18.6. The lowest BCUT2D eigenvalue weighted by Gasteiger charge is -2.16. The summed E-state index contributed by atoms with van der Waals surface area (Å²) in [5.41, 5.74) is 7.83. The van der Waals surface area contributed by atoms with Gasteiger partial charge in [-0.25, -0.2) is 0 Å². The van der Waals surface area contributed by atoms with E-state index in [0.717, 1.165) is 11.1 Å². The molecule has 25 heavy (non-hydrogen) atoms. The number of nitro benzene ring substituents is 1. The molecule has 0 aliphatic heterocycles. The molecule has 0 aliphatic carbocycles. The summed E-state index contributed by atoms with van der Waals surface area (Å²) >= 11 is 0. The number of rotatable bonds is 6. The van der Waals surface area contributed by atoms with E-state index in [4.69, 9.17) is 5.73 Å². The number of nitrogens with one attached hydrogen (secondary N) is 1. The number of aryl methyl sites for hydroxylation is 2. The fraction of sp³-hybridized carbons (Fsp3) is 0.222. The second-order valence-electron chi connectivity index (χ2n) is 5.89. The van der Waals surface area contributed by atoms with Gasteiger partial charge in [-0.3, -0.25) is 19.7 Å². The van der Waals surface area contributed by atoms with E-state index in [1.165, 1.54) is 18.2 Å². The summed E-state index contributed by atoms with van der Waals surface area (Å²) in [6.45, 7) is 3.73. The van der Waals surface area contributed by atoms with Crippen molar-refractivity contribution in [2.75, 3.05) is 0 Å². The van der Waals surface area contributed by atoms with Gasteiger partial charge in [0.2, 0.25) is 5.91 Å². The van der Waals surface area contributed by atoms with E-state index in [9.17, 15) is 19.7 Å². The van der Waals surface area contributed by atoms with E-state index in [1.54, 1.807) is 18.2 Å². The molecule has 2 rings (SSSR count). The quantitative estimate of drug-likeness (QED) is 0.618. The molecule has 0 saturated heterocycles. The van der Waals surface area contributed by atoms with Gasteiger partial charge in [-0.15, -0.1) is 0 Å². The molecule has 0 radical (unpaired) electrons. The topological polar surface area (TPSA) is 115 Å². The van der Waals surface area contributed by atoms with Crippen molar-refractivity contribution in [3.05, 3.63) is 74.8 Å². The Balaban J connectivity index is 2.23. The van der Waals surface area contributed by atoms with E-state index < -0.39 is 22.8 Å². The van der Waals surface area contributed by atoms with Crippen LogP contribution in [0, 0.1) is 24.0 Å². The van der Waals surface area contributed by atoms with Crippen LogP contribution in [0.1, 0.15) is 27.0 Å². The molecular formula is C18H19N3O4. The predicted molar refractivity (Wildman–Crippen MR) is 93.2 cm³/mol. The first-order chi connectivity index (χ1) is 11.8. The van der Waals surface area contributed by atoms with Crippen LogP contribution in [-0.2, 0) is 11.2 Å². The van der Waals surface area contributed by atoms with Crippen LogP contribution in [0.4, 0.5) is 5.69 Å². The van der Waals surface area contributed by atoms with Gasteiger partial charge in [-0.05, 0) is 26.0 Å². The molecule has 0 heterocycles. The van der Waals surface area contributed by atoms with Crippen molar-refractivity contribution in [2.45, 2.75) is 26.3 Å². The number of nitro groups is 1. The first kappa shape index (κ1) is 18.1. The van der Waals surface area contributed by atoms with Gasteiger partial charge in [0.15, 0.2) is 0 Å². The molecule has 0 unspecified atom stereocenters. The summed E-state index contributed by atoms with van der Waals surface area (Å²) in [7, 11) is 0. The monoisotopic (exact) mass is 341 g/mol. The minimum atomic E-state index is -1.05. The van der Waals surface area contributed by atoms with E-state index in [-0.39, 0.29) is 12.1 Å². The van der Waals surface area contributed by atoms with Crippen LogP contribution in [0.25, 0.3) is 0 Å². The van der Waals surface area contributed by atoms with Gasteiger partial charge in [0, 0.05) is 23.6 Å². The molecule has 0 aliphatic rings. The number of nitrogens with two attached hydrogens (primary N) is 1. The van der Waals surface area contributed by atoms with Gasteiger partial charge in [0.25, 0.3) is 11.6 Å². The minimum absolute atomic E-state index is 0.0526. The highest BCUT2D eigenvalue weighted by atomic mass is 16.6. The molecule has 0 aromatic heterocycles. The number of para-hydroxylation sites is 1. The number of carbonyl (C=O) groups is 2. The van der Waals surface area contributed by atoms with Crippen LogP contribution < -0.4 is 11.1 Å². The van der Waals surface area contributed by atoms with Crippen LogP contribution >= 0.6 is 0 Å². The van der Waals surface area contributed by atoms with E-state index in [0.29, 0.717) is 11.1 Å². The number of carbonyl (C=O) groups excluding carboxylic acids is 2. The predicted octanol–water partition coefficient (Wildman–Crippen LogP) is 2.04. The Morgan fingerprint density at radius 2 is 1.76 bits per heavy atom. The standard InChI is InChI=1S/C18H19N3O4/c1-11-7-12(2)9-14(8-11)18(23)20-15(17(19)22)10-13-5-3-4-6-16(13)21(24)25/h3-9,15H,10H2,1-2H3,(H2,19,22)(H,20,23)/t15-/m1/s1. The summed E-state index contributed by atoms with van der Waals surface area (Å²) in [5, 5.41) is 13.7. The Kier molecular flexibility index (Phi) is 5.49. The molecule has 130 valence electrons. The summed E-state index contributed by atoms with van der Waals surface area (Å²) in [4.78, 5) is 34.7. The lowest BCUT2D eigenvalue weighted by atomic mass is 10.0. The molecular weight excluding hydrogens is 322 g/mol. The lowest BCUT2D eigenvalue weighted by Crippen LogP contribution is -2.46. The van der Waals surface area contributed by atoms with Gasteiger partial charge < -0.3 is 11.1 Å². The molecule has 0 saturated carbocycles. The van der Waals surface area contributed by atoms with Gasteiger partial charge in [-0.1, -0.05) is 35.4 Å². The average molecular weight is 341 g/mol. The van der Waals surface area contributed by atoms with Gasteiger partial charge in [-0.2, -0.15) is 0 Å². The maximum atomic E-state index is 12.4. The summed E-state index contributed by atoms with van der Waals surface area (Å²) in [5.74, 6) is -1.20. The van der Waals surface area contributed by atoms with Crippen molar-refractivity contribution < 1.29 is 14.5 Å². The Morgan fingerprint density at radius 1 is 1.16 bits per heavy atom. The van der Waals surface area contributed by atoms with E-state index in [2.05, 4.69) is 5.32 Å². The lowest BCUT2D eigenvalue weighted by molar-refractivity contribution is -0.385. The largest absolute Gasteiger partial charge is 0.368 e. The van der Waals surface area contributed by atoms with Crippen molar-refractivity contribution in [1.82, 2.24) is 5.32 Å². The fourth-order valence-corrected chi connectivity index (χ4v) is 2.65. The molecule has 7 heteroatoms. The third-order valence-electron chi connectivity index (χ3n) is 3.74. The van der Waals surface area contributed by atoms with Crippen LogP contribution in [0.15, 0.2) is 42.5 Å². The number of hydrogen-bond donors (Lipinski definition) is 2. The SMILES string of the molecule is Cc1cc(C)cc(C(=O)N[C@H](Cc2ccccc2[N+](=O)[O-])C(N)=O)c1. The highest BCUT2D eigenvalue weighted by Gasteiger charge is 2.23. The maximum absolute atomic E-state index is 12.4. The molecule has 2 aromatic carbocycles. The minimum Gasteiger partial charge on any atom is -0.368 e. The normalized spacial score (nSPS) is 11.6. The Bertz CT molecular complexity index is 813. The molecule has 0 spiro atoms. The number of benzene rings is 2. The highest BCUT2D eigenvalue weighted by molar-refractivity contribution is 5.97. The average Bonchev–Trinajstić information content (AvgIpc) is 2.53. The number of nitrogens with zero attached hydrogens (tertiary/aromatic N) is 1. The maximum Gasteiger partial charge on any atom is 0.272 e. The summed E-state index contributed by atoms with van der Waals surface area (Å²) in [6, 6.07) is 10.3. The molecule has 7 nitrogen and oxygen atoms in total. The van der Waals surface area contributed by atoms with Gasteiger partial charge in [0.1, 0.15) is 6.04 Å². The number of amides is 2. The Morgan fingerprint density at radius 3 is 2.32 bits per heavy atom. The van der Waals surface area contributed by atoms with Crippen LogP contribution in [0.2, 0.25) is 0 Å². The van der Waals surface area contributed by atoms with Crippen molar-refractivity contribution >= 4 is 17.5 Å². The van der Waals surface area contributed by atoms with Crippen molar-refractivity contribution in [3.63, 3.8) is 0 Å². The van der Waals surface area contributed by atoms with Crippen LogP contribution in [0.3, 0.4) is 0 Å². The van der Waals surface area contributed by atoms with E-state index in [1.807, 2.05) is 19.9 Å². The third-order valence-corrected chi connectivity index (χ3v) is 3.74. The highest BCUT2D eigenvalue weighted by Crippen LogP contribution is 2.19. The van der Waals surface area contributed by atoms with Crippen molar-refractivity contribution in [3.8, 4) is 0 Å². The Labute approximate surface area is 145 Å². The third kappa shape index (κ3) is 4.63. The Hall–Kier alpha value is -3.22. The van der Waals surface area contributed by atoms with Crippen LogP contribution in [-0.4, -0.2) is 22.8 Å². The summed E-state index contributed by atoms with van der Waals surface area (Å²) in [6.07, 6.45) is -0.0526. The second-order valence-corrected chi connectivity index (χ2v) is 5.89. The molecule has 3 N–H and O–H groups in total. The van der Waals surface area contributed by atoms with Gasteiger partial charge >= 0.3 is 0 Å². The smallest absolute Gasteiger partial charge is 0.272 e. The first-order valence-electron chi connectivity index (χ1n) is 7.68. The van der Waals surface area contributed by atoms with Crippen LogP contribution in [0.5, 0.6) is 0 Å².